The van der Waals surface area contributed by atoms with E-state index in [1.165, 1.54) is 0 Å². The molecule has 0 saturated heterocycles. The highest BCUT2D eigenvalue weighted by Gasteiger charge is 2.47. The number of hydrogen-bond donors (Lipinski definition) is 5. The SMILES string of the molecule is CCCCC(N)C(P(=O)(O)O)P(=O)(O)O. The van der Waals surface area contributed by atoms with Gasteiger partial charge in [0, 0.05) is 6.04 Å². The fourth-order valence-corrected chi connectivity index (χ4v) is 4.15. The summed E-state index contributed by atoms with van der Waals surface area (Å²) in [5, 5.41) is -2.09. The lowest BCUT2D eigenvalue weighted by Gasteiger charge is -2.25. The van der Waals surface area contributed by atoms with Crippen LogP contribution in [0.5, 0.6) is 0 Å². The average molecular weight is 261 g/mol. The first-order chi connectivity index (χ1) is 6.60. The molecule has 1 unspecified atom stereocenters. The topological polar surface area (TPSA) is 141 Å². The molecule has 0 aliphatic carbocycles. The van der Waals surface area contributed by atoms with Gasteiger partial charge >= 0.3 is 15.2 Å². The van der Waals surface area contributed by atoms with E-state index in [1.54, 1.807) is 0 Å². The van der Waals surface area contributed by atoms with Crippen LogP contribution in [0.2, 0.25) is 0 Å². The van der Waals surface area contributed by atoms with Crippen molar-refractivity contribution in [1.29, 1.82) is 0 Å². The van der Waals surface area contributed by atoms with E-state index in [0.717, 1.165) is 6.42 Å². The lowest BCUT2D eigenvalue weighted by atomic mass is 10.1. The maximum absolute atomic E-state index is 10.9. The lowest BCUT2D eigenvalue weighted by Crippen LogP contribution is -2.34. The first-order valence-electron chi connectivity index (χ1n) is 4.46. The standard InChI is InChI=1S/C6H17NO6P2/c1-2-3-4-5(7)6(14(8,9)10)15(11,12)13/h5-6H,2-4,7H2,1H3,(H2,8,9,10)(H2,11,12,13). The fraction of sp³-hybridized carbons (Fsp3) is 1.00. The zero-order chi connectivity index (χ0) is 12.3. The van der Waals surface area contributed by atoms with E-state index in [1.807, 2.05) is 6.92 Å². The maximum atomic E-state index is 10.9. The monoisotopic (exact) mass is 261 g/mol. The molecule has 0 aliphatic rings. The number of unbranched alkanes of at least 4 members (excludes halogenated alkanes) is 1. The van der Waals surface area contributed by atoms with Gasteiger partial charge in [-0.1, -0.05) is 19.8 Å². The first-order valence-corrected chi connectivity index (χ1v) is 7.83. The third kappa shape index (κ3) is 5.22. The van der Waals surface area contributed by atoms with Crippen LogP contribution < -0.4 is 5.73 Å². The highest BCUT2D eigenvalue weighted by Crippen LogP contribution is 2.61. The number of rotatable bonds is 6. The van der Waals surface area contributed by atoms with Crippen molar-refractivity contribution in [3.8, 4) is 0 Å². The van der Waals surface area contributed by atoms with Crippen molar-refractivity contribution in [2.45, 2.75) is 37.6 Å². The third-order valence-electron chi connectivity index (χ3n) is 1.96. The lowest BCUT2D eigenvalue weighted by molar-refractivity contribution is 0.326. The van der Waals surface area contributed by atoms with E-state index in [-0.39, 0.29) is 6.42 Å². The molecule has 0 spiro atoms. The molecule has 9 heteroatoms. The first kappa shape index (κ1) is 15.3. The average Bonchev–Trinajstić information content (AvgIpc) is 1.94. The summed E-state index contributed by atoms with van der Waals surface area (Å²) in [4.78, 5) is 35.3. The van der Waals surface area contributed by atoms with Gasteiger partial charge in [-0.25, -0.2) is 0 Å². The van der Waals surface area contributed by atoms with Crippen LogP contribution in [0, 0.1) is 0 Å². The van der Waals surface area contributed by atoms with E-state index < -0.39 is 26.6 Å². The van der Waals surface area contributed by atoms with Gasteiger partial charge in [0.2, 0.25) is 0 Å². The summed E-state index contributed by atoms with van der Waals surface area (Å²) in [6.45, 7) is 1.84. The summed E-state index contributed by atoms with van der Waals surface area (Å²) in [5.74, 6) is 0. The highest BCUT2D eigenvalue weighted by molar-refractivity contribution is 7.71. The van der Waals surface area contributed by atoms with E-state index in [0.29, 0.717) is 6.42 Å². The number of nitrogens with two attached hydrogens (primary N) is 1. The van der Waals surface area contributed by atoms with Gasteiger partial charge in [-0.2, -0.15) is 0 Å². The van der Waals surface area contributed by atoms with Gasteiger partial charge in [0.1, 0.15) is 0 Å². The molecule has 7 nitrogen and oxygen atoms in total. The van der Waals surface area contributed by atoms with Crippen molar-refractivity contribution >= 4 is 15.2 Å². The minimum absolute atomic E-state index is 0.178. The van der Waals surface area contributed by atoms with Crippen LogP contribution in [0.15, 0.2) is 0 Å². The van der Waals surface area contributed by atoms with Crippen LogP contribution >= 0.6 is 15.2 Å². The highest BCUT2D eigenvalue weighted by atomic mass is 31.2. The predicted octanol–water partition coefficient (Wildman–Crippen LogP) is 0.185. The van der Waals surface area contributed by atoms with Crippen LogP contribution in [0.1, 0.15) is 26.2 Å². The Hall–Kier alpha value is 0.260. The minimum Gasteiger partial charge on any atom is -0.326 e. The zero-order valence-corrected chi connectivity index (χ0v) is 10.1. The normalized spacial score (nSPS) is 15.7. The molecule has 0 rings (SSSR count). The Morgan fingerprint density at radius 1 is 1.13 bits per heavy atom. The second-order valence-electron chi connectivity index (χ2n) is 3.40. The molecule has 0 aromatic rings. The summed E-state index contributed by atoms with van der Waals surface area (Å²) in [7, 11) is -9.76. The van der Waals surface area contributed by atoms with E-state index in [2.05, 4.69) is 0 Å². The minimum atomic E-state index is -4.88. The van der Waals surface area contributed by atoms with Crippen LogP contribution in [0.25, 0.3) is 0 Å². The summed E-state index contributed by atoms with van der Waals surface area (Å²) in [5.41, 5.74) is 5.39. The van der Waals surface area contributed by atoms with Gasteiger partial charge in [0.05, 0.1) is 0 Å². The Balaban J connectivity index is 4.82. The molecular weight excluding hydrogens is 244 g/mol. The molecule has 1 atom stereocenters. The molecule has 0 saturated carbocycles. The van der Waals surface area contributed by atoms with Crippen molar-refractivity contribution in [3.05, 3.63) is 0 Å². The molecule has 0 aromatic carbocycles. The molecule has 0 aliphatic heterocycles. The van der Waals surface area contributed by atoms with E-state index in [4.69, 9.17) is 25.3 Å². The molecule has 0 amide bonds. The van der Waals surface area contributed by atoms with Gasteiger partial charge in [-0.15, -0.1) is 0 Å². The van der Waals surface area contributed by atoms with Gasteiger partial charge in [0.25, 0.3) is 0 Å². The molecule has 0 aromatic heterocycles. The van der Waals surface area contributed by atoms with Crippen LogP contribution in [-0.2, 0) is 9.13 Å². The third-order valence-corrected chi connectivity index (χ3v) is 5.91. The number of hydrogen-bond acceptors (Lipinski definition) is 3. The Kier molecular flexibility index (Phi) is 5.64. The molecule has 0 fully saturated rings. The fourth-order valence-electron chi connectivity index (χ4n) is 1.28. The van der Waals surface area contributed by atoms with Crippen LogP contribution in [-0.4, -0.2) is 31.0 Å². The quantitative estimate of drug-likeness (QED) is 0.429. The van der Waals surface area contributed by atoms with Gasteiger partial charge in [0.15, 0.2) is 5.40 Å². The Morgan fingerprint density at radius 2 is 1.53 bits per heavy atom. The van der Waals surface area contributed by atoms with Crippen molar-refractivity contribution in [3.63, 3.8) is 0 Å². The largest absolute Gasteiger partial charge is 0.342 e. The second-order valence-corrected chi connectivity index (χ2v) is 7.27. The van der Waals surface area contributed by atoms with Crippen molar-refractivity contribution < 1.29 is 28.7 Å². The molecular formula is C6H17NO6P2. The van der Waals surface area contributed by atoms with Crippen molar-refractivity contribution in [2.24, 2.45) is 5.73 Å². The smallest absolute Gasteiger partial charge is 0.326 e. The Bertz CT molecular complexity index is 261. The zero-order valence-electron chi connectivity index (χ0n) is 8.35. The van der Waals surface area contributed by atoms with Crippen LogP contribution in [0.3, 0.4) is 0 Å². The predicted molar refractivity (Wildman–Crippen MR) is 55.4 cm³/mol. The van der Waals surface area contributed by atoms with E-state index >= 15 is 0 Å². The Morgan fingerprint density at radius 3 is 1.80 bits per heavy atom. The Labute approximate surface area is 88.0 Å². The summed E-state index contributed by atoms with van der Waals surface area (Å²) in [6.07, 6.45) is 1.48. The maximum Gasteiger partial charge on any atom is 0.342 e. The molecule has 92 valence electrons. The molecule has 15 heavy (non-hydrogen) atoms. The molecule has 0 radical (unpaired) electrons. The molecule has 6 N–H and O–H groups in total. The summed E-state index contributed by atoms with van der Waals surface area (Å²) >= 11 is 0. The van der Waals surface area contributed by atoms with Gasteiger partial charge < -0.3 is 25.3 Å². The molecule has 0 bridgehead atoms. The summed E-state index contributed by atoms with van der Waals surface area (Å²) in [6, 6.07) is -1.19. The van der Waals surface area contributed by atoms with Crippen molar-refractivity contribution in [2.75, 3.05) is 0 Å². The van der Waals surface area contributed by atoms with Gasteiger partial charge in [-0.3, -0.25) is 9.13 Å². The van der Waals surface area contributed by atoms with Crippen LogP contribution in [0.4, 0.5) is 0 Å². The second kappa shape index (κ2) is 5.55. The van der Waals surface area contributed by atoms with Crippen molar-refractivity contribution in [1.82, 2.24) is 0 Å². The summed E-state index contributed by atoms with van der Waals surface area (Å²) < 4.78 is 21.8. The van der Waals surface area contributed by atoms with E-state index in [9.17, 15) is 9.13 Å². The molecule has 0 heterocycles. The van der Waals surface area contributed by atoms with Gasteiger partial charge in [-0.05, 0) is 6.42 Å².